The molecule has 0 saturated heterocycles. The van der Waals surface area contributed by atoms with Crippen molar-refractivity contribution in [3.63, 3.8) is 0 Å². The highest BCUT2D eigenvalue weighted by atomic mass is 16.5. The molecular formula is C28H39N3O4. The van der Waals surface area contributed by atoms with Gasteiger partial charge in [-0.1, -0.05) is 49.4 Å². The van der Waals surface area contributed by atoms with Crippen molar-refractivity contribution in [2.45, 2.75) is 52.4 Å². The number of para-hydroxylation sites is 2. The largest absolute Gasteiger partial charge is 0.493 e. The van der Waals surface area contributed by atoms with Crippen LogP contribution in [0.1, 0.15) is 39.7 Å². The van der Waals surface area contributed by atoms with E-state index < -0.39 is 6.10 Å². The Balaban J connectivity index is 1.95. The SMILES string of the molecule is CCCN(Cc1c(-c2ccccc2)nn(C)c1Oc1ccccc1OC)C[C@@H](O)COC(C)(C)C. The Hall–Kier alpha value is -2.87. The van der Waals surface area contributed by atoms with E-state index in [0.717, 1.165) is 29.8 Å². The lowest BCUT2D eigenvalue weighted by Crippen LogP contribution is -2.37. The Kier molecular flexibility index (Phi) is 9.32. The van der Waals surface area contributed by atoms with Gasteiger partial charge in [0.2, 0.25) is 5.88 Å². The number of methoxy groups -OCH3 is 1. The second-order valence-corrected chi connectivity index (χ2v) is 9.69. The number of rotatable bonds is 12. The van der Waals surface area contributed by atoms with Crippen LogP contribution in [0.2, 0.25) is 0 Å². The quantitative estimate of drug-likeness (QED) is 0.380. The fourth-order valence-corrected chi connectivity index (χ4v) is 3.93. The third kappa shape index (κ3) is 7.56. The standard InChI is InChI=1S/C28H39N3O4/c1-7-17-31(18-22(32)20-34-28(2,3)4)19-23-26(21-13-9-8-10-14-21)29-30(5)27(23)35-25-16-12-11-15-24(25)33-6/h8-16,22,32H,7,17-20H2,1-6H3/t22-/m1/s1. The number of hydrogen-bond acceptors (Lipinski definition) is 6. The van der Waals surface area contributed by atoms with Crippen molar-refractivity contribution in [2.24, 2.45) is 7.05 Å². The van der Waals surface area contributed by atoms with Gasteiger partial charge in [0.25, 0.3) is 0 Å². The second-order valence-electron chi connectivity index (χ2n) is 9.69. The number of benzene rings is 2. The smallest absolute Gasteiger partial charge is 0.222 e. The van der Waals surface area contributed by atoms with Gasteiger partial charge in [-0.15, -0.1) is 0 Å². The van der Waals surface area contributed by atoms with Crippen molar-refractivity contribution in [1.29, 1.82) is 0 Å². The number of ether oxygens (including phenoxy) is 3. The number of aryl methyl sites for hydroxylation is 1. The van der Waals surface area contributed by atoms with E-state index in [1.165, 1.54) is 0 Å². The first-order valence-electron chi connectivity index (χ1n) is 12.2. The summed E-state index contributed by atoms with van der Waals surface area (Å²) < 4.78 is 19.5. The first-order valence-corrected chi connectivity index (χ1v) is 12.2. The van der Waals surface area contributed by atoms with E-state index in [1.807, 2.05) is 70.3 Å². The van der Waals surface area contributed by atoms with Crippen LogP contribution in [0.5, 0.6) is 17.4 Å². The van der Waals surface area contributed by atoms with Crippen LogP contribution in [0.3, 0.4) is 0 Å². The normalized spacial score (nSPS) is 12.7. The minimum Gasteiger partial charge on any atom is -0.493 e. The molecule has 0 aliphatic carbocycles. The Labute approximate surface area is 209 Å². The van der Waals surface area contributed by atoms with Crippen LogP contribution in [0.4, 0.5) is 0 Å². The summed E-state index contributed by atoms with van der Waals surface area (Å²) in [6, 6.07) is 17.7. The number of aliphatic hydroxyl groups is 1. The van der Waals surface area contributed by atoms with Crippen molar-refractivity contribution in [3.05, 3.63) is 60.2 Å². The van der Waals surface area contributed by atoms with E-state index in [9.17, 15) is 5.11 Å². The maximum absolute atomic E-state index is 10.7. The highest BCUT2D eigenvalue weighted by Crippen LogP contribution is 2.37. The fraction of sp³-hybridized carbons (Fsp3) is 0.464. The molecule has 1 heterocycles. The molecule has 1 atom stereocenters. The highest BCUT2D eigenvalue weighted by molar-refractivity contribution is 5.65. The Morgan fingerprint density at radius 2 is 1.69 bits per heavy atom. The van der Waals surface area contributed by atoms with Gasteiger partial charge in [0.15, 0.2) is 11.5 Å². The molecule has 0 aliphatic rings. The molecule has 7 nitrogen and oxygen atoms in total. The molecule has 0 aliphatic heterocycles. The van der Waals surface area contributed by atoms with E-state index in [-0.39, 0.29) is 12.2 Å². The maximum Gasteiger partial charge on any atom is 0.222 e. The van der Waals surface area contributed by atoms with Gasteiger partial charge in [-0.2, -0.15) is 5.10 Å². The minimum atomic E-state index is -0.601. The first-order chi connectivity index (χ1) is 16.7. The third-order valence-corrected chi connectivity index (χ3v) is 5.51. The average Bonchev–Trinajstić information content (AvgIpc) is 3.13. The van der Waals surface area contributed by atoms with E-state index >= 15 is 0 Å². The van der Waals surface area contributed by atoms with E-state index in [0.29, 0.717) is 30.5 Å². The Morgan fingerprint density at radius 1 is 1.03 bits per heavy atom. The first kappa shape index (κ1) is 26.7. The lowest BCUT2D eigenvalue weighted by atomic mass is 10.1. The summed E-state index contributed by atoms with van der Waals surface area (Å²) in [5, 5.41) is 15.5. The molecule has 0 fully saturated rings. The van der Waals surface area contributed by atoms with E-state index in [2.05, 4.69) is 24.0 Å². The zero-order valence-corrected chi connectivity index (χ0v) is 21.8. The molecule has 1 N–H and O–H groups in total. The van der Waals surface area contributed by atoms with Gasteiger partial charge in [0.1, 0.15) is 5.69 Å². The molecule has 0 unspecified atom stereocenters. The topological polar surface area (TPSA) is 69.0 Å². The third-order valence-electron chi connectivity index (χ3n) is 5.51. The molecule has 3 rings (SSSR count). The van der Waals surface area contributed by atoms with Gasteiger partial charge in [0.05, 0.1) is 31.0 Å². The molecule has 7 heteroatoms. The lowest BCUT2D eigenvalue weighted by Gasteiger charge is -2.27. The molecule has 1 aromatic heterocycles. The number of nitrogens with zero attached hydrogens (tertiary/aromatic N) is 3. The number of aliphatic hydroxyl groups excluding tert-OH is 1. The highest BCUT2D eigenvalue weighted by Gasteiger charge is 2.24. The summed E-state index contributed by atoms with van der Waals surface area (Å²) in [7, 11) is 3.52. The van der Waals surface area contributed by atoms with Gasteiger partial charge in [-0.05, 0) is 45.9 Å². The van der Waals surface area contributed by atoms with Crippen molar-refractivity contribution in [1.82, 2.24) is 14.7 Å². The molecule has 0 bridgehead atoms. The van der Waals surface area contributed by atoms with E-state index in [1.54, 1.807) is 11.8 Å². The average molecular weight is 482 g/mol. The minimum absolute atomic E-state index is 0.285. The van der Waals surface area contributed by atoms with Crippen molar-refractivity contribution >= 4 is 0 Å². The molecule has 0 spiro atoms. The summed E-state index contributed by atoms with van der Waals surface area (Å²) >= 11 is 0. The van der Waals surface area contributed by atoms with Crippen molar-refractivity contribution in [2.75, 3.05) is 26.8 Å². The fourth-order valence-electron chi connectivity index (χ4n) is 3.93. The number of hydrogen-bond donors (Lipinski definition) is 1. The summed E-state index contributed by atoms with van der Waals surface area (Å²) in [4.78, 5) is 2.23. The van der Waals surface area contributed by atoms with Crippen LogP contribution in [0.25, 0.3) is 11.3 Å². The molecular weight excluding hydrogens is 442 g/mol. The van der Waals surface area contributed by atoms with Crippen LogP contribution >= 0.6 is 0 Å². The summed E-state index contributed by atoms with van der Waals surface area (Å²) in [6.45, 7) is 10.3. The van der Waals surface area contributed by atoms with Crippen molar-refractivity contribution < 1.29 is 19.3 Å². The van der Waals surface area contributed by atoms with Crippen LogP contribution in [0.15, 0.2) is 54.6 Å². The summed E-state index contributed by atoms with van der Waals surface area (Å²) in [6.07, 6.45) is 0.354. The van der Waals surface area contributed by atoms with Gasteiger partial charge < -0.3 is 19.3 Å². The predicted molar refractivity (Wildman–Crippen MR) is 139 cm³/mol. The Morgan fingerprint density at radius 3 is 2.31 bits per heavy atom. The van der Waals surface area contributed by atoms with Crippen LogP contribution < -0.4 is 9.47 Å². The molecule has 0 saturated carbocycles. The molecule has 2 aromatic carbocycles. The lowest BCUT2D eigenvalue weighted by molar-refractivity contribution is -0.0566. The Bertz CT molecular complexity index is 1060. The molecule has 35 heavy (non-hydrogen) atoms. The van der Waals surface area contributed by atoms with Crippen LogP contribution in [-0.4, -0.2) is 58.3 Å². The molecule has 0 amide bonds. The van der Waals surface area contributed by atoms with Gasteiger partial charge in [0, 0.05) is 25.7 Å². The molecule has 3 aromatic rings. The second kappa shape index (κ2) is 12.2. The maximum atomic E-state index is 10.7. The van der Waals surface area contributed by atoms with Gasteiger partial charge in [-0.25, -0.2) is 4.68 Å². The van der Waals surface area contributed by atoms with Crippen molar-refractivity contribution in [3.8, 4) is 28.6 Å². The van der Waals surface area contributed by atoms with Gasteiger partial charge >= 0.3 is 0 Å². The summed E-state index contributed by atoms with van der Waals surface area (Å²) in [5.41, 5.74) is 2.54. The molecule has 190 valence electrons. The molecule has 0 radical (unpaired) electrons. The zero-order chi connectivity index (χ0) is 25.4. The van der Waals surface area contributed by atoms with E-state index in [4.69, 9.17) is 19.3 Å². The summed E-state index contributed by atoms with van der Waals surface area (Å²) in [5.74, 6) is 1.93. The number of aromatic nitrogens is 2. The van der Waals surface area contributed by atoms with Gasteiger partial charge in [-0.3, -0.25) is 4.90 Å². The van der Waals surface area contributed by atoms with Crippen LogP contribution in [0, 0.1) is 0 Å². The van der Waals surface area contributed by atoms with Crippen LogP contribution in [-0.2, 0) is 18.3 Å². The predicted octanol–water partition coefficient (Wildman–Crippen LogP) is 5.28. The monoisotopic (exact) mass is 481 g/mol. The zero-order valence-electron chi connectivity index (χ0n) is 21.8.